The van der Waals surface area contributed by atoms with E-state index in [0.717, 1.165) is 0 Å². The minimum absolute atomic E-state index is 0. The van der Waals surface area contributed by atoms with Gasteiger partial charge in [-0.15, -0.1) is 27.8 Å². The zero-order chi connectivity index (χ0) is 27.1. The fourth-order valence-corrected chi connectivity index (χ4v) is 13.8. The number of benzene rings is 1. The molecular formula is C32H51FeP3-6. The van der Waals surface area contributed by atoms with Gasteiger partial charge >= 0.3 is 0 Å². The summed E-state index contributed by atoms with van der Waals surface area (Å²) in [5.74, 6) is 0. The predicted octanol–water partition coefficient (Wildman–Crippen LogP) is 9.40. The first-order chi connectivity index (χ1) is 15.9. The van der Waals surface area contributed by atoms with Crippen LogP contribution < -0.4 is 15.9 Å². The van der Waals surface area contributed by atoms with Gasteiger partial charge in [-0.2, -0.15) is 6.07 Å². The standard InChI is InChI=1S/C21H39P2.C6H7P.C5H5.Fe/c1-18(2,3)22(19(4,5)6)16-14-13-15-17(16)23(20(7,8)9)21(10,11)12;7-6-4-2-1-3-5-6;1-2-4-5-3-1;/h13-15H,1-12H3;1-5H,7H2;1-5H;/q-1;;-5;. The molecule has 0 saturated heterocycles. The SMILES string of the molecule is CC(C)(C)P(c1ccc[c-]1P(C(C)(C)C)C(C)(C)C)C(C)(C)C.Pc1ccccc1.[Fe].[cH-]1[cH-][cH-][cH-][cH-]1. The molecule has 0 aliphatic rings. The quantitative estimate of drug-likeness (QED) is 0.160. The summed E-state index contributed by atoms with van der Waals surface area (Å²) in [4.78, 5) is 0. The third kappa shape index (κ3) is 12.1. The zero-order valence-electron chi connectivity index (χ0n) is 24.8. The van der Waals surface area contributed by atoms with Crippen molar-refractivity contribution < 1.29 is 17.1 Å². The molecule has 0 aliphatic heterocycles. The van der Waals surface area contributed by atoms with Crippen LogP contribution in [0.15, 0.2) is 78.9 Å². The maximum absolute atomic E-state index is 2.63. The summed E-state index contributed by atoms with van der Waals surface area (Å²) in [6.45, 7) is 29.1. The summed E-state index contributed by atoms with van der Waals surface area (Å²) >= 11 is 0. The molecule has 3 aromatic carbocycles. The number of hydrogen-bond acceptors (Lipinski definition) is 0. The van der Waals surface area contributed by atoms with Gasteiger partial charge < -0.3 is 30.3 Å². The van der Waals surface area contributed by atoms with Crippen molar-refractivity contribution in [1.82, 2.24) is 0 Å². The summed E-state index contributed by atoms with van der Waals surface area (Å²) in [5, 5.41) is 5.87. The van der Waals surface area contributed by atoms with E-state index in [1.54, 1.807) is 10.6 Å². The summed E-state index contributed by atoms with van der Waals surface area (Å²) < 4.78 is 0. The third-order valence-corrected chi connectivity index (χ3v) is 13.0. The molecule has 3 rings (SSSR count). The van der Waals surface area contributed by atoms with Gasteiger partial charge in [0, 0.05) is 17.1 Å². The number of rotatable bonds is 2. The smallest absolute Gasteiger partial charge is 0 e. The van der Waals surface area contributed by atoms with Gasteiger partial charge in [0.2, 0.25) is 0 Å². The van der Waals surface area contributed by atoms with Crippen molar-refractivity contribution >= 4 is 41.0 Å². The van der Waals surface area contributed by atoms with E-state index < -0.39 is 0 Å². The predicted molar refractivity (Wildman–Crippen MR) is 172 cm³/mol. The van der Waals surface area contributed by atoms with E-state index in [1.807, 2.05) is 60.7 Å². The first-order valence-corrected chi connectivity index (χ1v) is 16.0. The second-order valence-corrected chi connectivity index (χ2v) is 21.4. The Morgan fingerprint density at radius 1 is 0.583 bits per heavy atom. The molecule has 0 nitrogen and oxygen atoms in total. The topological polar surface area (TPSA) is 0 Å². The molecule has 0 aromatic heterocycles. The molecule has 0 saturated carbocycles. The molecule has 0 spiro atoms. The van der Waals surface area contributed by atoms with Gasteiger partial charge in [-0.3, -0.25) is 0 Å². The molecule has 0 amide bonds. The summed E-state index contributed by atoms with van der Waals surface area (Å²) in [7, 11) is 2.16. The molecule has 0 fully saturated rings. The van der Waals surface area contributed by atoms with Gasteiger partial charge in [0.1, 0.15) is 0 Å². The van der Waals surface area contributed by atoms with Crippen molar-refractivity contribution in [1.29, 1.82) is 0 Å². The van der Waals surface area contributed by atoms with Crippen molar-refractivity contribution in [3.8, 4) is 0 Å². The van der Waals surface area contributed by atoms with E-state index in [4.69, 9.17) is 0 Å². The van der Waals surface area contributed by atoms with E-state index in [2.05, 4.69) is 111 Å². The summed E-state index contributed by atoms with van der Waals surface area (Å²) in [6.07, 6.45) is 0. The molecule has 0 heterocycles. The largest absolute Gasteiger partial charge is 0.748 e. The normalized spacial score (nSPS) is 12.3. The van der Waals surface area contributed by atoms with Crippen molar-refractivity contribution in [2.45, 2.75) is 104 Å². The Kier molecular flexibility index (Phi) is 14.7. The van der Waals surface area contributed by atoms with E-state index in [-0.39, 0.29) is 32.9 Å². The van der Waals surface area contributed by atoms with E-state index in [1.165, 1.54) is 5.30 Å². The minimum atomic E-state index is -0.232. The van der Waals surface area contributed by atoms with Crippen LogP contribution >= 0.6 is 25.1 Å². The van der Waals surface area contributed by atoms with Gasteiger partial charge in [0.25, 0.3) is 0 Å². The average molecular weight is 585 g/mol. The van der Waals surface area contributed by atoms with Gasteiger partial charge in [0.05, 0.1) is 0 Å². The van der Waals surface area contributed by atoms with Crippen LogP contribution in [0.4, 0.5) is 0 Å². The van der Waals surface area contributed by atoms with Crippen molar-refractivity contribution in [2.24, 2.45) is 0 Å². The molecular weight excluding hydrogens is 533 g/mol. The fraction of sp³-hybridized carbons (Fsp3) is 0.500. The first kappa shape index (κ1) is 35.7. The van der Waals surface area contributed by atoms with Crippen molar-refractivity contribution in [3.63, 3.8) is 0 Å². The Bertz CT molecular complexity index is 852. The van der Waals surface area contributed by atoms with Crippen LogP contribution in [0.25, 0.3) is 0 Å². The molecule has 4 heteroatoms. The summed E-state index contributed by atoms with van der Waals surface area (Å²) in [5.41, 5.74) is 0. The Morgan fingerprint density at radius 3 is 1.25 bits per heavy atom. The number of hydrogen-bond donors (Lipinski definition) is 0. The molecule has 3 aromatic rings. The Morgan fingerprint density at radius 2 is 0.972 bits per heavy atom. The van der Waals surface area contributed by atoms with Gasteiger partial charge in [-0.1, -0.05) is 121 Å². The molecule has 1 unspecified atom stereocenters. The molecule has 0 bridgehead atoms. The van der Waals surface area contributed by atoms with Crippen LogP contribution in [0, 0.1) is 0 Å². The minimum Gasteiger partial charge on any atom is -0.748 e. The first-order valence-electron chi connectivity index (χ1n) is 12.7. The Hall–Kier alpha value is -0.271. The zero-order valence-corrected chi connectivity index (χ0v) is 28.9. The van der Waals surface area contributed by atoms with Crippen molar-refractivity contribution in [3.05, 3.63) is 78.9 Å². The van der Waals surface area contributed by atoms with Gasteiger partial charge in [-0.05, 0) is 25.9 Å². The Balaban J connectivity index is 0.000000760. The van der Waals surface area contributed by atoms with E-state index >= 15 is 0 Å². The van der Waals surface area contributed by atoms with Crippen LogP contribution in [0.2, 0.25) is 0 Å². The van der Waals surface area contributed by atoms with Crippen LogP contribution in [0.3, 0.4) is 0 Å². The molecule has 0 radical (unpaired) electrons. The van der Waals surface area contributed by atoms with Crippen LogP contribution in [0.1, 0.15) is 83.1 Å². The molecule has 1 atom stereocenters. The van der Waals surface area contributed by atoms with Crippen LogP contribution in [0.5, 0.6) is 0 Å². The van der Waals surface area contributed by atoms with Crippen LogP contribution in [-0.4, -0.2) is 20.6 Å². The summed E-state index contributed by atoms with van der Waals surface area (Å²) in [6, 6.07) is 27.3. The van der Waals surface area contributed by atoms with Gasteiger partial charge in [-0.25, -0.2) is 12.1 Å². The second-order valence-electron chi connectivity index (χ2n) is 13.0. The Labute approximate surface area is 239 Å². The van der Waals surface area contributed by atoms with Crippen LogP contribution in [-0.2, 0) is 17.1 Å². The maximum Gasteiger partial charge on any atom is 0 e. The molecule has 36 heavy (non-hydrogen) atoms. The molecule has 208 valence electrons. The second kappa shape index (κ2) is 14.8. The molecule has 0 N–H and O–H groups in total. The average Bonchev–Trinajstić information content (AvgIpc) is 3.34. The van der Waals surface area contributed by atoms with E-state index in [0.29, 0.717) is 20.6 Å². The van der Waals surface area contributed by atoms with E-state index in [9.17, 15) is 0 Å². The maximum atomic E-state index is 2.63. The monoisotopic (exact) mass is 584 g/mol. The van der Waals surface area contributed by atoms with Gasteiger partial charge in [0.15, 0.2) is 0 Å². The molecule has 0 aliphatic carbocycles. The fourth-order valence-electron chi connectivity index (χ4n) is 5.01. The van der Waals surface area contributed by atoms with Crippen molar-refractivity contribution in [2.75, 3.05) is 0 Å². The third-order valence-electron chi connectivity index (χ3n) is 5.29.